The highest BCUT2D eigenvalue weighted by atomic mass is 19.1. The lowest BCUT2D eigenvalue weighted by Gasteiger charge is -2.14. The van der Waals surface area contributed by atoms with Crippen molar-refractivity contribution in [2.24, 2.45) is 5.92 Å². The average Bonchev–Trinajstić information content (AvgIpc) is 2.42. The van der Waals surface area contributed by atoms with Gasteiger partial charge in [0, 0.05) is 25.3 Å². The molecule has 1 aromatic carbocycles. The molecule has 0 saturated heterocycles. The molecule has 1 unspecified atom stereocenters. The summed E-state index contributed by atoms with van der Waals surface area (Å²) >= 11 is 0. The molecule has 0 bridgehead atoms. The fourth-order valence-corrected chi connectivity index (χ4v) is 1.82. The molecule has 1 rings (SSSR count). The fraction of sp³-hybridized carbons (Fsp3) is 0.462. The second kappa shape index (κ2) is 7.63. The van der Waals surface area contributed by atoms with E-state index in [4.69, 9.17) is 5.11 Å². The van der Waals surface area contributed by atoms with Crippen molar-refractivity contribution in [2.75, 3.05) is 13.2 Å². The molecule has 1 atom stereocenters. The number of nitrogens with one attached hydrogen (secondary N) is 1. The van der Waals surface area contributed by atoms with E-state index in [0.717, 1.165) is 0 Å². The van der Waals surface area contributed by atoms with Crippen molar-refractivity contribution in [1.82, 2.24) is 5.32 Å². The Bertz CT molecular complexity index is 537. The number of nitro groups is 1. The van der Waals surface area contributed by atoms with Crippen LogP contribution in [0.25, 0.3) is 0 Å². The highest BCUT2D eigenvalue weighted by Crippen LogP contribution is 2.21. The summed E-state index contributed by atoms with van der Waals surface area (Å²) in [7, 11) is 0. The van der Waals surface area contributed by atoms with E-state index in [1.807, 2.05) is 6.92 Å². The molecule has 1 amide bonds. The number of halogens is 2. The summed E-state index contributed by atoms with van der Waals surface area (Å²) in [6.07, 6.45) is 1.18. The lowest BCUT2D eigenvalue weighted by molar-refractivity contribution is -0.387. The van der Waals surface area contributed by atoms with Gasteiger partial charge in [-0.05, 0) is 12.3 Å². The maximum absolute atomic E-state index is 13.5. The maximum Gasteiger partial charge on any atom is 0.305 e. The fourth-order valence-electron chi connectivity index (χ4n) is 1.82. The van der Waals surface area contributed by atoms with E-state index in [1.54, 1.807) is 0 Å². The van der Waals surface area contributed by atoms with Gasteiger partial charge in [-0.3, -0.25) is 14.9 Å². The minimum absolute atomic E-state index is 0.0115. The summed E-state index contributed by atoms with van der Waals surface area (Å²) < 4.78 is 26.7. The van der Waals surface area contributed by atoms with Gasteiger partial charge in [-0.15, -0.1) is 0 Å². The Hall–Kier alpha value is -2.09. The summed E-state index contributed by atoms with van der Waals surface area (Å²) in [4.78, 5) is 21.4. The van der Waals surface area contributed by atoms with Gasteiger partial charge in [0.15, 0.2) is 0 Å². The maximum atomic E-state index is 13.5. The largest absolute Gasteiger partial charge is 0.396 e. The molecule has 2 N–H and O–H groups in total. The van der Waals surface area contributed by atoms with Crippen LogP contribution in [-0.2, 0) is 0 Å². The summed E-state index contributed by atoms with van der Waals surface area (Å²) in [6, 6.07) is 0.894. The van der Waals surface area contributed by atoms with Crippen molar-refractivity contribution in [3.05, 3.63) is 39.4 Å². The third-order valence-electron chi connectivity index (χ3n) is 3.14. The first-order chi connectivity index (χ1) is 9.90. The summed E-state index contributed by atoms with van der Waals surface area (Å²) in [5, 5.41) is 21.8. The number of aliphatic hydroxyl groups is 1. The molecule has 0 aliphatic rings. The van der Waals surface area contributed by atoms with Crippen molar-refractivity contribution < 1.29 is 23.6 Å². The number of nitro benzene ring substituents is 1. The van der Waals surface area contributed by atoms with Crippen molar-refractivity contribution in [3.63, 3.8) is 0 Å². The lowest BCUT2D eigenvalue weighted by Crippen LogP contribution is -2.30. The van der Waals surface area contributed by atoms with Gasteiger partial charge in [-0.25, -0.2) is 4.39 Å². The zero-order chi connectivity index (χ0) is 16.0. The Balaban J connectivity index is 2.87. The summed E-state index contributed by atoms with van der Waals surface area (Å²) in [5.74, 6) is -3.34. The van der Waals surface area contributed by atoms with Crippen molar-refractivity contribution in [1.29, 1.82) is 0 Å². The molecule has 0 heterocycles. The van der Waals surface area contributed by atoms with E-state index < -0.39 is 33.7 Å². The number of nitrogens with zero attached hydrogens (tertiary/aromatic N) is 1. The Morgan fingerprint density at radius 1 is 1.43 bits per heavy atom. The van der Waals surface area contributed by atoms with Gasteiger partial charge >= 0.3 is 5.69 Å². The molecule has 0 fully saturated rings. The van der Waals surface area contributed by atoms with Crippen LogP contribution < -0.4 is 5.32 Å². The van der Waals surface area contributed by atoms with Gasteiger partial charge < -0.3 is 10.4 Å². The Labute approximate surface area is 119 Å². The van der Waals surface area contributed by atoms with Gasteiger partial charge in [0.1, 0.15) is 5.82 Å². The highest BCUT2D eigenvalue weighted by Gasteiger charge is 2.22. The molecule has 8 heteroatoms. The molecule has 116 valence electrons. The number of hydrogen-bond acceptors (Lipinski definition) is 4. The number of carbonyl (C=O) groups excluding carboxylic acids is 1. The van der Waals surface area contributed by atoms with Crippen LogP contribution in [0.4, 0.5) is 14.5 Å². The predicted octanol–water partition coefficient (Wildman–Crippen LogP) is 2.01. The minimum Gasteiger partial charge on any atom is -0.396 e. The Morgan fingerprint density at radius 3 is 2.62 bits per heavy atom. The molecule has 6 nitrogen and oxygen atoms in total. The van der Waals surface area contributed by atoms with E-state index in [1.165, 1.54) is 0 Å². The smallest absolute Gasteiger partial charge is 0.305 e. The molecule has 0 aliphatic heterocycles. The second-order valence-electron chi connectivity index (χ2n) is 4.54. The van der Waals surface area contributed by atoms with Crippen LogP contribution in [0.2, 0.25) is 0 Å². The molecular weight excluding hydrogens is 286 g/mol. The van der Waals surface area contributed by atoms with E-state index in [9.17, 15) is 23.7 Å². The summed E-state index contributed by atoms with van der Waals surface area (Å²) in [5.41, 5.74) is -1.54. The van der Waals surface area contributed by atoms with Gasteiger partial charge in [0.25, 0.3) is 5.91 Å². The van der Waals surface area contributed by atoms with Crippen LogP contribution >= 0.6 is 0 Å². The normalized spacial score (nSPS) is 12.0. The quantitative estimate of drug-likeness (QED) is 0.595. The first kappa shape index (κ1) is 17.0. The van der Waals surface area contributed by atoms with Gasteiger partial charge in [0.05, 0.1) is 10.5 Å². The highest BCUT2D eigenvalue weighted by molar-refractivity contribution is 5.95. The van der Waals surface area contributed by atoms with Crippen LogP contribution in [0.1, 0.15) is 30.1 Å². The third-order valence-corrected chi connectivity index (χ3v) is 3.14. The van der Waals surface area contributed by atoms with Crippen molar-refractivity contribution in [3.8, 4) is 0 Å². The molecule has 0 aromatic heterocycles. The number of carbonyl (C=O) groups is 1. The van der Waals surface area contributed by atoms with Crippen LogP contribution in [0.15, 0.2) is 12.1 Å². The predicted molar refractivity (Wildman–Crippen MR) is 70.8 cm³/mol. The zero-order valence-corrected chi connectivity index (χ0v) is 11.4. The van der Waals surface area contributed by atoms with Gasteiger partial charge in [-0.2, -0.15) is 4.39 Å². The van der Waals surface area contributed by atoms with Crippen LogP contribution in [0.3, 0.4) is 0 Å². The zero-order valence-electron chi connectivity index (χ0n) is 11.4. The molecule has 21 heavy (non-hydrogen) atoms. The molecule has 0 saturated carbocycles. The van der Waals surface area contributed by atoms with Crippen LogP contribution in [0.5, 0.6) is 0 Å². The monoisotopic (exact) mass is 302 g/mol. The number of rotatable bonds is 7. The molecule has 1 aromatic rings. The summed E-state index contributed by atoms with van der Waals surface area (Å²) in [6.45, 7) is 2.03. The topological polar surface area (TPSA) is 92.5 Å². The number of benzene rings is 1. The lowest BCUT2D eigenvalue weighted by atomic mass is 10.0. The standard InChI is InChI=1S/C13H16F2N2O4/c1-2-8(3-4-18)7-16-13(19)9-5-12(17(20)21)11(15)6-10(9)14/h5-6,8,18H,2-4,7H2,1H3,(H,16,19). The van der Waals surface area contributed by atoms with E-state index in [2.05, 4.69) is 5.32 Å². The van der Waals surface area contributed by atoms with E-state index in [-0.39, 0.29) is 19.1 Å². The number of hydrogen-bond donors (Lipinski definition) is 2. The molecular formula is C13H16F2N2O4. The SMILES string of the molecule is CCC(CCO)CNC(=O)c1cc([N+](=O)[O-])c(F)cc1F. The molecule has 0 spiro atoms. The molecule has 0 radical (unpaired) electrons. The first-order valence-electron chi connectivity index (χ1n) is 6.43. The Kier molecular flexibility index (Phi) is 6.16. The van der Waals surface area contributed by atoms with Gasteiger partial charge in [0.2, 0.25) is 5.82 Å². The third kappa shape index (κ3) is 4.45. The van der Waals surface area contributed by atoms with E-state index in [0.29, 0.717) is 25.0 Å². The van der Waals surface area contributed by atoms with Crippen LogP contribution in [0, 0.1) is 27.7 Å². The van der Waals surface area contributed by atoms with Crippen LogP contribution in [-0.4, -0.2) is 29.1 Å². The Morgan fingerprint density at radius 2 is 2.10 bits per heavy atom. The van der Waals surface area contributed by atoms with Crippen molar-refractivity contribution in [2.45, 2.75) is 19.8 Å². The second-order valence-corrected chi connectivity index (χ2v) is 4.54. The number of amides is 1. The van der Waals surface area contributed by atoms with Gasteiger partial charge in [-0.1, -0.05) is 13.3 Å². The number of aliphatic hydroxyl groups excluding tert-OH is 1. The van der Waals surface area contributed by atoms with E-state index >= 15 is 0 Å². The first-order valence-corrected chi connectivity index (χ1v) is 6.43. The molecule has 0 aliphatic carbocycles. The average molecular weight is 302 g/mol. The van der Waals surface area contributed by atoms with Crippen molar-refractivity contribution >= 4 is 11.6 Å². The minimum atomic E-state index is -1.33.